The van der Waals surface area contributed by atoms with Gasteiger partial charge in [0.25, 0.3) is 0 Å². The number of likely N-dealkylation sites (tertiary alicyclic amines) is 1. The molecule has 1 fully saturated rings. The number of hydrogen-bond acceptors (Lipinski definition) is 3. The van der Waals surface area contributed by atoms with Crippen LogP contribution in [0.3, 0.4) is 0 Å². The zero-order valence-electron chi connectivity index (χ0n) is 12.8. The number of aliphatic hydroxyl groups excluding tert-OH is 1. The van der Waals surface area contributed by atoms with E-state index in [0.29, 0.717) is 12.0 Å². The van der Waals surface area contributed by atoms with Gasteiger partial charge in [-0.1, -0.05) is 48.5 Å². The minimum absolute atomic E-state index is 0.0491. The largest absolute Gasteiger partial charge is 0.394 e. The van der Waals surface area contributed by atoms with Crippen LogP contribution in [0.5, 0.6) is 0 Å². The Kier molecular flexibility index (Phi) is 3.40. The molecule has 2 aliphatic rings. The molecule has 0 spiro atoms. The minimum Gasteiger partial charge on any atom is -0.394 e. The Bertz CT molecular complexity index is 657. The first-order valence-corrected chi connectivity index (χ1v) is 8.08. The molecule has 0 radical (unpaired) electrons. The monoisotopic (exact) mass is 294 g/mol. The zero-order valence-corrected chi connectivity index (χ0v) is 12.8. The molecule has 0 aromatic heterocycles. The lowest BCUT2D eigenvalue weighted by Gasteiger charge is -2.35. The molecule has 2 aliphatic heterocycles. The molecule has 22 heavy (non-hydrogen) atoms. The SMILES string of the molecule is C[C@H]1C[C@@H]2c3ccccc3NC2N1[C@H](CO)c1ccccc1. The molecule has 0 bridgehead atoms. The first kappa shape index (κ1) is 13.8. The Balaban J connectivity index is 1.68. The van der Waals surface area contributed by atoms with Gasteiger partial charge in [-0.2, -0.15) is 0 Å². The summed E-state index contributed by atoms with van der Waals surface area (Å²) in [6, 6.07) is 19.5. The Hall–Kier alpha value is -1.84. The number of benzene rings is 2. The molecule has 3 heteroatoms. The van der Waals surface area contributed by atoms with Crippen molar-refractivity contribution in [3.05, 3.63) is 65.7 Å². The van der Waals surface area contributed by atoms with E-state index in [0.717, 1.165) is 6.42 Å². The van der Waals surface area contributed by atoms with Gasteiger partial charge in [0, 0.05) is 17.6 Å². The van der Waals surface area contributed by atoms with Crippen LogP contribution in [0.15, 0.2) is 54.6 Å². The van der Waals surface area contributed by atoms with Crippen LogP contribution in [0.25, 0.3) is 0 Å². The van der Waals surface area contributed by atoms with Crippen LogP contribution in [0.2, 0.25) is 0 Å². The Morgan fingerprint density at radius 2 is 1.86 bits per heavy atom. The summed E-state index contributed by atoms with van der Waals surface area (Å²) < 4.78 is 0. The fourth-order valence-electron chi connectivity index (χ4n) is 4.23. The lowest BCUT2D eigenvalue weighted by Crippen LogP contribution is -2.43. The van der Waals surface area contributed by atoms with Gasteiger partial charge in [0.2, 0.25) is 0 Å². The van der Waals surface area contributed by atoms with Crippen molar-refractivity contribution < 1.29 is 5.11 Å². The predicted molar refractivity (Wildman–Crippen MR) is 88.8 cm³/mol. The zero-order chi connectivity index (χ0) is 15.1. The second-order valence-corrected chi connectivity index (χ2v) is 6.42. The van der Waals surface area contributed by atoms with Crippen molar-refractivity contribution in [1.82, 2.24) is 4.90 Å². The highest BCUT2D eigenvalue weighted by molar-refractivity contribution is 5.60. The Labute approximate surface area is 131 Å². The molecule has 2 heterocycles. The van der Waals surface area contributed by atoms with Crippen LogP contribution in [0.4, 0.5) is 5.69 Å². The molecule has 4 rings (SSSR count). The van der Waals surface area contributed by atoms with Crippen molar-refractivity contribution in [3.63, 3.8) is 0 Å². The predicted octanol–water partition coefficient (Wildman–Crippen LogP) is 3.35. The summed E-state index contributed by atoms with van der Waals surface area (Å²) in [7, 11) is 0. The van der Waals surface area contributed by atoms with E-state index in [9.17, 15) is 5.11 Å². The molecule has 2 aromatic rings. The smallest absolute Gasteiger partial charge is 0.0872 e. The topological polar surface area (TPSA) is 35.5 Å². The van der Waals surface area contributed by atoms with E-state index in [1.165, 1.54) is 16.8 Å². The number of para-hydroxylation sites is 1. The van der Waals surface area contributed by atoms with Crippen molar-refractivity contribution in [2.75, 3.05) is 11.9 Å². The molecular weight excluding hydrogens is 272 g/mol. The maximum absolute atomic E-state index is 10.0. The van der Waals surface area contributed by atoms with E-state index < -0.39 is 0 Å². The molecule has 0 amide bonds. The summed E-state index contributed by atoms with van der Waals surface area (Å²) in [6.07, 6.45) is 1.42. The second kappa shape index (κ2) is 5.41. The highest BCUT2D eigenvalue weighted by atomic mass is 16.3. The average Bonchev–Trinajstić information content (AvgIpc) is 3.06. The number of rotatable bonds is 3. The van der Waals surface area contributed by atoms with E-state index in [-0.39, 0.29) is 18.8 Å². The van der Waals surface area contributed by atoms with Gasteiger partial charge >= 0.3 is 0 Å². The summed E-state index contributed by atoms with van der Waals surface area (Å²) >= 11 is 0. The van der Waals surface area contributed by atoms with E-state index in [4.69, 9.17) is 0 Å². The third-order valence-corrected chi connectivity index (χ3v) is 5.19. The second-order valence-electron chi connectivity index (χ2n) is 6.42. The van der Waals surface area contributed by atoms with E-state index >= 15 is 0 Å². The first-order valence-electron chi connectivity index (χ1n) is 8.08. The molecular formula is C19H22N2O. The number of aliphatic hydroxyl groups is 1. The molecule has 0 saturated carbocycles. The maximum atomic E-state index is 10.0. The summed E-state index contributed by atoms with van der Waals surface area (Å²) in [5.74, 6) is 0.518. The third kappa shape index (κ3) is 2.04. The number of nitrogens with zero attached hydrogens (tertiary/aromatic N) is 1. The van der Waals surface area contributed by atoms with Crippen LogP contribution in [-0.4, -0.2) is 28.8 Å². The van der Waals surface area contributed by atoms with Gasteiger partial charge in [-0.3, -0.25) is 4.90 Å². The third-order valence-electron chi connectivity index (χ3n) is 5.19. The summed E-state index contributed by atoms with van der Waals surface area (Å²) in [6.45, 7) is 2.42. The highest BCUT2D eigenvalue weighted by Crippen LogP contribution is 2.48. The van der Waals surface area contributed by atoms with Crippen LogP contribution < -0.4 is 5.32 Å². The van der Waals surface area contributed by atoms with Crippen LogP contribution in [0, 0.1) is 0 Å². The lowest BCUT2D eigenvalue weighted by molar-refractivity contribution is 0.0913. The summed E-state index contributed by atoms with van der Waals surface area (Å²) in [5, 5.41) is 13.7. The van der Waals surface area contributed by atoms with Crippen molar-refractivity contribution in [2.24, 2.45) is 0 Å². The number of fused-ring (bicyclic) bond motifs is 3. The standard InChI is InChI=1S/C19H22N2O/c1-13-11-16-15-9-5-6-10-17(15)20-19(16)21(13)18(12-22)14-7-3-2-4-8-14/h2-10,13,16,18-20,22H,11-12H2,1H3/t13-,16+,18+,19?/m0/s1. The van der Waals surface area contributed by atoms with Gasteiger partial charge in [0.1, 0.15) is 0 Å². The normalized spacial score (nSPS) is 28.0. The van der Waals surface area contributed by atoms with E-state index in [1.807, 2.05) is 18.2 Å². The number of hydrogen-bond donors (Lipinski definition) is 2. The Morgan fingerprint density at radius 1 is 1.14 bits per heavy atom. The fourth-order valence-corrected chi connectivity index (χ4v) is 4.23. The number of anilines is 1. The van der Waals surface area contributed by atoms with Crippen molar-refractivity contribution >= 4 is 5.69 Å². The van der Waals surface area contributed by atoms with Gasteiger partial charge in [-0.25, -0.2) is 0 Å². The molecule has 1 saturated heterocycles. The van der Waals surface area contributed by atoms with Gasteiger partial charge in [0.15, 0.2) is 0 Å². The van der Waals surface area contributed by atoms with Crippen molar-refractivity contribution in [1.29, 1.82) is 0 Å². The highest BCUT2D eigenvalue weighted by Gasteiger charge is 2.47. The molecule has 0 aliphatic carbocycles. The fraction of sp³-hybridized carbons (Fsp3) is 0.368. The van der Waals surface area contributed by atoms with Gasteiger partial charge in [-0.15, -0.1) is 0 Å². The molecule has 2 aromatic carbocycles. The van der Waals surface area contributed by atoms with Gasteiger partial charge in [-0.05, 0) is 30.5 Å². The van der Waals surface area contributed by atoms with Crippen molar-refractivity contribution in [2.45, 2.75) is 37.5 Å². The minimum atomic E-state index is 0.0491. The Morgan fingerprint density at radius 3 is 2.64 bits per heavy atom. The van der Waals surface area contributed by atoms with Crippen LogP contribution in [0.1, 0.15) is 36.4 Å². The average molecular weight is 294 g/mol. The molecule has 3 nitrogen and oxygen atoms in total. The first-order chi connectivity index (χ1) is 10.8. The van der Waals surface area contributed by atoms with Gasteiger partial charge in [0.05, 0.1) is 18.8 Å². The van der Waals surface area contributed by atoms with E-state index in [2.05, 4.69) is 53.5 Å². The van der Waals surface area contributed by atoms with Crippen LogP contribution in [-0.2, 0) is 0 Å². The number of nitrogens with one attached hydrogen (secondary N) is 1. The lowest BCUT2D eigenvalue weighted by atomic mass is 9.97. The van der Waals surface area contributed by atoms with Gasteiger partial charge < -0.3 is 10.4 Å². The summed E-state index contributed by atoms with van der Waals surface area (Å²) in [5.41, 5.74) is 3.86. The molecule has 114 valence electrons. The summed E-state index contributed by atoms with van der Waals surface area (Å²) in [4.78, 5) is 2.46. The van der Waals surface area contributed by atoms with Crippen molar-refractivity contribution in [3.8, 4) is 0 Å². The molecule has 2 N–H and O–H groups in total. The molecule has 4 atom stereocenters. The molecule has 1 unspecified atom stereocenters. The quantitative estimate of drug-likeness (QED) is 0.911. The van der Waals surface area contributed by atoms with E-state index in [1.54, 1.807) is 0 Å². The van der Waals surface area contributed by atoms with Crippen LogP contribution >= 0.6 is 0 Å². The maximum Gasteiger partial charge on any atom is 0.0872 e.